The molecule has 0 aromatic heterocycles. The van der Waals surface area contributed by atoms with Crippen LogP contribution in [0.5, 0.6) is 5.75 Å². The van der Waals surface area contributed by atoms with Crippen molar-refractivity contribution < 1.29 is 17.9 Å². The quantitative estimate of drug-likeness (QED) is 0.417. The first-order valence-electron chi connectivity index (χ1n) is 10.2. The number of sulfonamides is 1. The summed E-state index contributed by atoms with van der Waals surface area (Å²) in [6, 6.07) is 19.4. The van der Waals surface area contributed by atoms with Gasteiger partial charge in [-0.25, -0.2) is 8.42 Å². The first-order chi connectivity index (χ1) is 15.7. The molecular formula is C24H24Cl2N2O4S. The van der Waals surface area contributed by atoms with Gasteiger partial charge in [-0.15, -0.1) is 0 Å². The molecule has 174 valence electrons. The molecule has 0 radical (unpaired) electrons. The van der Waals surface area contributed by atoms with E-state index in [2.05, 4.69) is 5.32 Å². The lowest BCUT2D eigenvalue weighted by atomic mass is 10.0. The third kappa shape index (κ3) is 6.19. The van der Waals surface area contributed by atoms with Crippen LogP contribution >= 0.6 is 23.2 Å². The van der Waals surface area contributed by atoms with Gasteiger partial charge >= 0.3 is 0 Å². The molecule has 3 rings (SSSR count). The Balaban J connectivity index is 1.91. The van der Waals surface area contributed by atoms with Crippen LogP contribution in [0.1, 0.15) is 24.9 Å². The molecule has 0 aliphatic heterocycles. The molecule has 0 bridgehead atoms. The molecule has 1 atom stereocenters. The minimum atomic E-state index is -4.06. The smallest absolute Gasteiger partial charge is 0.264 e. The minimum absolute atomic E-state index is 0.0519. The van der Waals surface area contributed by atoms with Gasteiger partial charge in [-0.1, -0.05) is 60.5 Å². The zero-order valence-electron chi connectivity index (χ0n) is 18.2. The molecule has 3 aromatic rings. The van der Waals surface area contributed by atoms with E-state index in [1.165, 1.54) is 30.3 Å². The normalized spacial score (nSPS) is 12.1. The van der Waals surface area contributed by atoms with E-state index in [0.29, 0.717) is 12.2 Å². The van der Waals surface area contributed by atoms with Gasteiger partial charge in [0.1, 0.15) is 12.3 Å². The van der Waals surface area contributed by atoms with Crippen LogP contribution in [0.15, 0.2) is 77.7 Å². The van der Waals surface area contributed by atoms with Crippen molar-refractivity contribution in [1.82, 2.24) is 5.32 Å². The lowest BCUT2D eigenvalue weighted by Crippen LogP contribution is -2.42. The lowest BCUT2D eigenvalue weighted by molar-refractivity contribution is -0.120. The van der Waals surface area contributed by atoms with Crippen molar-refractivity contribution in [2.24, 2.45) is 0 Å². The third-order valence-electron chi connectivity index (χ3n) is 5.02. The van der Waals surface area contributed by atoms with E-state index in [1.54, 1.807) is 25.3 Å². The van der Waals surface area contributed by atoms with E-state index < -0.39 is 22.5 Å². The van der Waals surface area contributed by atoms with E-state index in [0.717, 1.165) is 9.87 Å². The maximum Gasteiger partial charge on any atom is 0.264 e. The summed E-state index contributed by atoms with van der Waals surface area (Å²) < 4.78 is 33.1. The summed E-state index contributed by atoms with van der Waals surface area (Å²) in [6.45, 7) is 1.49. The first kappa shape index (κ1) is 24.9. The van der Waals surface area contributed by atoms with Crippen LogP contribution in [-0.4, -0.2) is 28.0 Å². The van der Waals surface area contributed by atoms with Crippen molar-refractivity contribution in [3.63, 3.8) is 0 Å². The molecule has 0 aliphatic rings. The Bertz CT molecular complexity index is 1180. The Hall–Kier alpha value is -2.74. The molecule has 0 heterocycles. The van der Waals surface area contributed by atoms with Gasteiger partial charge < -0.3 is 10.1 Å². The van der Waals surface area contributed by atoms with Gasteiger partial charge in [0.25, 0.3) is 10.0 Å². The number of nitrogens with zero attached hydrogens (tertiary/aromatic N) is 1. The van der Waals surface area contributed by atoms with Crippen LogP contribution in [-0.2, 0) is 14.8 Å². The fourth-order valence-corrected chi connectivity index (χ4v) is 5.29. The van der Waals surface area contributed by atoms with E-state index in [4.69, 9.17) is 27.9 Å². The standard InChI is InChI=1S/C24H24Cl2N2O4S/c1-3-23(17-9-11-21(32-2)12-10-17)27-24(29)16-28(20-14-18(25)13-19(26)15-20)33(30,31)22-7-5-4-6-8-22/h4-15,23H,3,16H2,1-2H3,(H,27,29)/t23-/m0/s1. The van der Waals surface area contributed by atoms with E-state index >= 15 is 0 Å². The predicted octanol–water partition coefficient (Wildman–Crippen LogP) is 5.46. The van der Waals surface area contributed by atoms with Crippen LogP contribution in [0, 0.1) is 0 Å². The lowest BCUT2D eigenvalue weighted by Gasteiger charge is -2.26. The number of halogens is 2. The van der Waals surface area contributed by atoms with Gasteiger partial charge in [0, 0.05) is 10.0 Å². The van der Waals surface area contributed by atoms with Gasteiger partial charge in [-0.3, -0.25) is 9.10 Å². The van der Waals surface area contributed by atoms with Crippen molar-refractivity contribution in [3.05, 3.63) is 88.4 Å². The first-order valence-corrected chi connectivity index (χ1v) is 12.4. The highest BCUT2D eigenvalue weighted by Crippen LogP contribution is 2.30. The number of ether oxygens (including phenoxy) is 1. The molecule has 1 N–H and O–H groups in total. The minimum Gasteiger partial charge on any atom is -0.497 e. The number of hydrogen-bond donors (Lipinski definition) is 1. The summed E-state index contributed by atoms with van der Waals surface area (Å²) >= 11 is 12.2. The largest absolute Gasteiger partial charge is 0.497 e. The van der Waals surface area contributed by atoms with Crippen molar-refractivity contribution in [2.45, 2.75) is 24.3 Å². The fourth-order valence-electron chi connectivity index (χ4n) is 3.35. The molecule has 0 spiro atoms. The average Bonchev–Trinajstić information content (AvgIpc) is 2.81. The van der Waals surface area contributed by atoms with Crippen LogP contribution in [0.3, 0.4) is 0 Å². The molecule has 1 amide bonds. The third-order valence-corrected chi connectivity index (χ3v) is 7.24. The number of hydrogen-bond acceptors (Lipinski definition) is 4. The molecule has 6 nitrogen and oxygen atoms in total. The number of anilines is 1. The maximum absolute atomic E-state index is 13.4. The molecule has 0 saturated heterocycles. The van der Waals surface area contributed by atoms with Crippen LogP contribution < -0.4 is 14.4 Å². The average molecular weight is 507 g/mol. The Morgan fingerprint density at radius 2 is 1.61 bits per heavy atom. The van der Waals surface area contributed by atoms with Gasteiger partial charge in [0.05, 0.1) is 23.7 Å². The topological polar surface area (TPSA) is 75.7 Å². The number of carbonyl (C=O) groups is 1. The van der Waals surface area contributed by atoms with Crippen molar-refractivity contribution in [1.29, 1.82) is 0 Å². The summed E-state index contributed by atoms with van der Waals surface area (Å²) in [7, 11) is -2.48. The zero-order valence-corrected chi connectivity index (χ0v) is 20.5. The Morgan fingerprint density at radius 3 is 2.15 bits per heavy atom. The zero-order chi connectivity index (χ0) is 24.0. The Labute approximate surface area is 204 Å². The monoisotopic (exact) mass is 506 g/mol. The van der Waals surface area contributed by atoms with Gasteiger partial charge in [-0.05, 0) is 54.4 Å². The van der Waals surface area contributed by atoms with Gasteiger partial charge in [0.2, 0.25) is 5.91 Å². The molecule has 0 unspecified atom stereocenters. The number of methoxy groups -OCH3 is 1. The van der Waals surface area contributed by atoms with Crippen LogP contribution in [0.4, 0.5) is 5.69 Å². The van der Waals surface area contributed by atoms with Crippen molar-refractivity contribution in [2.75, 3.05) is 18.0 Å². The summed E-state index contributed by atoms with van der Waals surface area (Å²) in [5, 5.41) is 3.44. The van der Waals surface area contributed by atoms with E-state index in [9.17, 15) is 13.2 Å². The summed E-state index contributed by atoms with van der Waals surface area (Å²) in [6.07, 6.45) is 0.618. The molecule has 33 heavy (non-hydrogen) atoms. The second kappa shape index (κ2) is 10.9. The molecule has 0 fully saturated rings. The Kier molecular flexibility index (Phi) is 8.24. The van der Waals surface area contributed by atoms with Crippen molar-refractivity contribution >= 4 is 44.8 Å². The number of rotatable bonds is 9. The van der Waals surface area contributed by atoms with Crippen LogP contribution in [0.25, 0.3) is 0 Å². The van der Waals surface area contributed by atoms with Gasteiger partial charge in [-0.2, -0.15) is 0 Å². The second-order valence-electron chi connectivity index (χ2n) is 7.25. The summed E-state index contributed by atoms with van der Waals surface area (Å²) in [5.41, 5.74) is 1.08. The molecule has 9 heteroatoms. The predicted molar refractivity (Wildman–Crippen MR) is 132 cm³/mol. The summed E-state index contributed by atoms with van der Waals surface area (Å²) in [4.78, 5) is 13.1. The van der Waals surface area contributed by atoms with E-state index in [-0.39, 0.29) is 26.7 Å². The number of nitrogens with one attached hydrogen (secondary N) is 1. The highest BCUT2D eigenvalue weighted by molar-refractivity contribution is 7.92. The highest BCUT2D eigenvalue weighted by atomic mass is 35.5. The summed E-state index contributed by atoms with van der Waals surface area (Å²) in [5.74, 6) is 0.242. The maximum atomic E-state index is 13.4. The number of amides is 1. The fraction of sp³-hybridized carbons (Fsp3) is 0.208. The number of carbonyl (C=O) groups excluding carboxylic acids is 1. The molecular weight excluding hydrogens is 483 g/mol. The SMILES string of the molecule is CC[C@H](NC(=O)CN(c1cc(Cl)cc(Cl)c1)S(=O)(=O)c1ccccc1)c1ccc(OC)cc1. The Morgan fingerprint density at radius 1 is 1.00 bits per heavy atom. The molecule has 3 aromatic carbocycles. The van der Waals surface area contributed by atoms with E-state index in [1.807, 2.05) is 31.2 Å². The number of benzene rings is 3. The second-order valence-corrected chi connectivity index (χ2v) is 9.99. The van der Waals surface area contributed by atoms with Crippen molar-refractivity contribution in [3.8, 4) is 5.75 Å². The molecule has 0 aliphatic carbocycles. The highest BCUT2D eigenvalue weighted by Gasteiger charge is 2.28. The van der Waals surface area contributed by atoms with Gasteiger partial charge in [0.15, 0.2) is 0 Å². The van der Waals surface area contributed by atoms with Crippen LogP contribution in [0.2, 0.25) is 10.0 Å². The molecule has 0 saturated carbocycles.